The zero-order valence-corrected chi connectivity index (χ0v) is 17.6. The average Bonchev–Trinajstić information content (AvgIpc) is 3.20. The zero-order valence-electron chi connectivity index (χ0n) is 17.6. The Morgan fingerprint density at radius 2 is 1.80 bits per heavy atom. The maximum atomic E-state index is 11.8. The van der Waals surface area contributed by atoms with Crippen molar-refractivity contribution in [2.24, 2.45) is 4.99 Å². The number of hydrogen-bond donors (Lipinski definition) is 1. The molecule has 1 aromatic heterocycles. The molecule has 2 aliphatic heterocycles. The quantitative estimate of drug-likeness (QED) is 0.609. The summed E-state index contributed by atoms with van der Waals surface area (Å²) in [4.78, 5) is 27.3. The van der Waals surface area contributed by atoms with Crippen molar-refractivity contribution in [3.8, 4) is 0 Å². The van der Waals surface area contributed by atoms with Crippen LogP contribution in [0, 0.1) is 0 Å². The number of nitrogens with zero attached hydrogens (tertiary/aromatic N) is 5. The van der Waals surface area contributed by atoms with Crippen LogP contribution in [0.15, 0.2) is 53.7 Å². The standard InChI is InChI=1S/C23H30N6O/c1-24-23(28-15-13-27(14-16-28)21-5-2-3-11-25-21)26-17-19-7-9-20(10-8-19)18-29-12-4-6-22(29)30/h2-3,5,7-11H,4,6,12-18H2,1H3,(H,24,26). The van der Waals surface area contributed by atoms with Crippen LogP contribution in [0.25, 0.3) is 0 Å². The number of aromatic nitrogens is 1. The van der Waals surface area contributed by atoms with Crippen LogP contribution in [0.3, 0.4) is 0 Å². The molecule has 1 N–H and O–H groups in total. The summed E-state index contributed by atoms with van der Waals surface area (Å²) in [5.74, 6) is 2.24. The van der Waals surface area contributed by atoms with Crippen molar-refractivity contribution in [1.29, 1.82) is 0 Å². The molecule has 2 fully saturated rings. The van der Waals surface area contributed by atoms with Crippen LogP contribution in [0.1, 0.15) is 24.0 Å². The molecule has 0 aliphatic carbocycles. The van der Waals surface area contributed by atoms with E-state index in [4.69, 9.17) is 0 Å². The largest absolute Gasteiger partial charge is 0.353 e. The van der Waals surface area contributed by atoms with Crippen molar-refractivity contribution in [3.63, 3.8) is 0 Å². The highest BCUT2D eigenvalue weighted by atomic mass is 16.2. The van der Waals surface area contributed by atoms with Gasteiger partial charge in [0.1, 0.15) is 5.82 Å². The Morgan fingerprint density at radius 1 is 1.03 bits per heavy atom. The van der Waals surface area contributed by atoms with Gasteiger partial charge in [-0.05, 0) is 29.7 Å². The second-order valence-electron chi connectivity index (χ2n) is 7.80. The lowest BCUT2D eigenvalue weighted by atomic mass is 10.1. The number of benzene rings is 1. The van der Waals surface area contributed by atoms with Gasteiger partial charge in [0, 0.05) is 65.5 Å². The molecule has 1 aromatic carbocycles. The summed E-state index contributed by atoms with van der Waals surface area (Å²) in [7, 11) is 1.84. The molecular formula is C23H30N6O. The molecule has 4 rings (SSSR count). The molecule has 2 saturated heterocycles. The summed E-state index contributed by atoms with van der Waals surface area (Å²) in [5.41, 5.74) is 2.39. The van der Waals surface area contributed by atoms with Crippen molar-refractivity contribution in [2.75, 3.05) is 44.7 Å². The highest BCUT2D eigenvalue weighted by molar-refractivity contribution is 5.80. The number of carbonyl (C=O) groups is 1. The number of hydrogen-bond acceptors (Lipinski definition) is 4. The van der Waals surface area contributed by atoms with Crippen molar-refractivity contribution in [2.45, 2.75) is 25.9 Å². The number of aliphatic imine (C=N–C) groups is 1. The van der Waals surface area contributed by atoms with Crippen LogP contribution in [0.5, 0.6) is 0 Å². The van der Waals surface area contributed by atoms with Crippen molar-refractivity contribution < 1.29 is 4.79 Å². The molecule has 3 heterocycles. The van der Waals surface area contributed by atoms with Gasteiger partial charge in [-0.25, -0.2) is 4.98 Å². The van der Waals surface area contributed by atoms with E-state index in [1.54, 1.807) is 0 Å². The Kier molecular flexibility index (Phi) is 6.47. The van der Waals surface area contributed by atoms with E-state index in [0.717, 1.165) is 64.0 Å². The molecule has 2 aromatic rings. The summed E-state index contributed by atoms with van der Waals surface area (Å²) in [6.45, 7) is 6.03. The third-order valence-electron chi connectivity index (χ3n) is 5.78. The Bertz CT molecular complexity index is 859. The highest BCUT2D eigenvalue weighted by Gasteiger charge is 2.21. The van der Waals surface area contributed by atoms with Crippen LogP contribution < -0.4 is 10.2 Å². The summed E-state index contributed by atoms with van der Waals surface area (Å²) in [5, 5.41) is 3.49. The van der Waals surface area contributed by atoms with Gasteiger partial charge in [-0.15, -0.1) is 0 Å². The first-order chi connectivity index (χ1) is 14.7. The summed E-state index contributed by atoms with van der Waals surface area (Å²) >= 11 is 0. The third-order valence-corrected chi connectivity index (χ3v) is 5.78. The van der Waals surface area contributed by atoms with Gasteiger partial charge in [-0.3, -0.25) is 9.79 Å². The topological polar surface area (TPSA) is 64.1 Å². The van der Waals surface area contributed by atoms with Gasteiger partial charge < -0.3 is 20.0 Å². The first-order valence-electron chi connectivity index (χ1n) is 10.7. The predicted molar refractivity (Wildman–Crippen MR) is 119 cm³/mol. The number of nitrogens with one attached hydrogen (secondary N) is 1. The molecule has 7 heteroatoms. The normalized spacial score (nSPS) is 17.6. The van der Waals surface area contributed by atoms with E-state index in [9.17, 15) is 4.79 Å². The van der Waals surface area contributed by atoms with Crippen LogP contribution in [-0.2, 0) is 17.9 Å². The van der Waals surface area contributed by atoms with Gasteiger partial charge in [0.2, 0.25) is 5.91 Å². The van der Waals surface area contributed by atoms with Crippen molar-refractivity contribution in [3.05, 3.63) is 59.8 Å². The average molecular weight is 407 g/mol. The minimum Gasteiger partial charge on any atom is -0.353 e. The molecule has 30 heavy (non-hydrogen) atoms. The van der Waals surface area contributed by atoms with Gasteiger partial charge in [0.15, 0.2) is 5.96 Å². The molecule has 0 atom stereocenters. The lowest BCUT2D eigenvalue weighted by Gasteiger charge is -2.37. The Balaban J connectivity index is 1.26. The van der Waals surface area contributed by atoms with Crippen LogP contribution in [0.4, 0.5) is 5.82 Å². The number of anilines is 1. The van der Waals surface area contributed by atoms with E-state index in [0.29, 0.717) is 6.42 Å². The monoisotopic (exact) mass is 406 g/mol. The molecule has 158 valence electrons. The highest BCUT2D eigenvalue weighted by Crippen LogP contribution is 2.15. The van der Waals surface area contributed by atoms with Crippen LogP contribution >= 0.6 is 0 Å². The second-order valence-corrected chi connectivity index (χ2v) is 7.80. The number of rotatable bonds is 5. The molecule has 7 nitrogen and oxygen atoms in total. The molecule has 2 aliphatic rings. The Hall–Kier alpha value is -3.09. The maximum absolute atomic E-state index is 11.8. The summed E-state index contributed by atoms with van der Waals surface area (Å²) < 4.78 is 0. The fraction of sp³-hybridized carbons (Fsp3) is 0.435. The number of guanidine groups is 1. The number of likely N-dealkylation sites (tertiary alicyclic amines) is 1. The van der Waals surface area contributed by atoms with Crippen molar-refractivity contribution in [1.82, 2.24) is 20.1 Å². The van der Waals surface area contributed by atoms with Crippen LogP contribution in [-0.4, -0.2) is 66.4 Å². The summed E-state index contributed by atoms with van der Waals surface area (Å²) in [6, 6.07) is 14.6. The van der Waals surface area contributed by atoms with E-state index in [2.05, 4.69) is 55.4 Å². The number of pyridine rings is 1. The van der Waals surface area contributed by atoms with Gasteiger partial charge in [0.05, 0.1) is 0 Å². The lowest BCUT2D eigenvalue weighted by Crippen LogP contribution is -2.52. The maximum Gasteiger partial charge on any atom is 0.222 e. The van der Waals surface area contributed by atoms with E-state index < -0.39 is 0 Å². The summed E-state index contributed by atoms with van der Waals surface area (Å²) in [6.07, 6.45) is 3.52. The SMILES string of the molecule is CN=C(NCc1ccc(CN2CCCC2=O)cc1)N1CCN(c2ccccn2)CC1. The molecule has 0 unspecified atom stereocenters. The Morgan fingerprint density at radius 3 is 2.43 bits per heavy atom. The molecule has 0 spiro atoms. The zero-order chi connectivity index (χ0) is 20.8. The minimum atomic E-state index is 0.271. The second kappa shape index (κ2) is 9.61. The van der Waals surface area contributed by atoms with Crippen LogP contribution in [0.2, 0.25) is 0 Å². The van der Waals surface area contributed by atoms with Gasteiger partial charge >= 0.3 is 0 Å². The fourth-order valence-electron chi connectivity index (χ4n) is 4.06. The first kappa shape index (κ1) is 20.2. The number of piperazine rings is 1. The van der Waals surface area contributed by atoms with Gasteiger partial charge in [-0.1, -0.05) is 30.3 Å². The van der Waals surface area contributed by atoms with E-state index in [1.807, 2.05) is 30.3 Å². The predicted octanol–water partition coefficient (Wildman–Crippen LogP) is 2.10. The van der Waals surface area contributed by atoms with Gasteiger partial charge in [-0.2, -0.15) is 0 Å². The molecule has 1 amide bonds. The minimum absolute atomic E-state index is 0.271. The van der Waals surface area contributed by atoms with Crippen molar-refractivity contribution >= 4 is 17.7 Å². The lowest BCUT2D eigenvalue weighted by molar-refractivity contribution is -0.128. The van der Waals surface area contributed by atoms with E-state index >= 15 is 0 Å². The number of carbonyl (C=O) groups excluding carboxylic acids is 1. The molecule has 0 bridgehead atoms. The smallest absolute Gasteiger partial charge is 0.222 e. The van der Waals surface area contributed by atoms with Gasteiger partial charge in [0.25, 0.3) is 0 Å². The fourth-order valence-corrected chi connectivity index (χ4v) is 4.06. The van der Waals surface area contributed by atoms with E-state index in [1.165, 1.54) is 11.1 Å². The molecular weight excluding hydrogens is 376 g/mol. The molecule has 0 saturated carbocycles. The van der Waals surface area contributed by atoms with E-state index in [-0.39, 0.29) is 5.91 Å². The Labute approximate surface area is 178 Å². The first-order valence-corrected chi connectivity index (χ1v) is 10.7. The molecule has 0 radical (unpaired) electrons. The number of amides is 1. The third kappa shape index (κ3) is 4.90.